The van der Waals surface area contributed by atoms with Gasteiger partial charge in [0, 0.05) is 25.1 Å². The SMILES string of the molecule is CN1CCC(CNc2cc(Cl)nc(C3CC3)n2)C1. The predicted molar refractivity (Wildman–Crippen MR) is 73.1 cm³/mol. The Hall–Kier alpha value is -0.870. The highest BCUT2D eigenvalue weighted by Gasteiger charge is 2.27. The average Bonchev–Trinajstić information content (AvgIpc) is 3.10. The second-order valence-corrected chi connectivity index (χ2v) is 5.89. The lowest BCUT2D eigenvalue weighted by atomic mass is 10.1. The van der Waals surface area contributed by atoms with Crippen LogP contribution in [0.4, 0.5) is 5.82 Å². The van der Waals surface area contributed by atoms with Gasteiger partial charge < -0.3 is 10.2 Å². The molecule has 0 radical (unpaired) electrons. The minimum atomic E-state index is 0.543. The van der Waals surface area contributed by atoms with Gasteiger partial charge in [-0.05, 0) is 38.8 Å². The number of aromatic nitrogens is 2. The number of likely N-dealkylation sites (tertiary alicyclic amines) is 1. The topological polar surface area (TPSA) is 41.0 Å². The van der Waals surface area contributed by atoms with Gasteiger partial charge in [0.25, 0.3) is 0 Å². The molecule has 1 saturated carbocycles. The van der Waals surface area contributed by atoms with E-state index in [1.165, 1.54) is 32.4 Å². The van der Waals surface area contributed by atoms with Crippen molar-refractivity contribution in [2.75, 3.05) is 32.0 Å². The zero-order valence-electron chi connectivity index (χ0n) is 10.7. The molecule has 2 heterocycles. The largest absolute Gasteiger partial charge is 0.370 e. The predicted octanol–water partition coefficient (Wildman–Crippen LogP) is 2.37. The Morgan fingerprint density at radius 3 is 2.89 bits per heavy atom. The molecule has 1 aromatic rings. The van der Waals surface area contributed by atoms with Gasteiger partial charge in [-0.25, -0.2) is 9.97 Å². The number of nitrogens with one attached hydrogen (secondary N) is 1. The van der Waals surface area contributed by atoms with Crippen LogP contribution in [0.15, 0.2) is 6.07 Å². The van der Waals surface area contributed by atoms with Crippen molar-refractivity contribution in [2.45, 2.75) is 25.2 Å². The number of hydrogen-bond donors (Lipinski definition) is 1. The number of rotatable bonds is 4. The van der Waals surface area contributed by atoms with E-state index in [1.807, 2.05) is 6.07 Å². The van der Waals surface area contributed by atoms with Crippen molar-refractivity contribution in [3.8, 4) is 0 Å². The Morgan fingerprint density at radius 2 is 2.22 bits per heavy atom. The third-order valence-electron chi connectivity index (χ3n) is 3.72. The molecule has 4 nitrogen and oxygen atoms in total. The molecule has 3 rings (SSSR count). The molecule has 2 aliphatic rings. The van der Waals surface area contributed by atoms with Crippen molar-refractivity contribution in [3.05, 3.63) is 17.0 Å². The van der Waals surface area contributed by atoms with E-state index < -0.39 is 0 Å². The average molecular weight is 267 g/mol. The smallest absolute Gasteiger partial charge is 0.135 e. The van der Waals surface area contributed by atoms with Crippen molar-refractivity contribution >= 4 is 17.4 Å². The molecule has 1 aromatic heterocycles. The monoisotopic (exact) mass is 266 g/mol. The number of halogens is 1. The molecule has 5 heteroatoms. The first-order valence-electron chi connectivity index (χ1n) is 6.67. The van der Waals surface area contributed by atoms with Gasteiger partial charge in [0.1, 0.15) is 16.8 Å². The fraction of sp³-hybridized carbons (Fsp3) is 0.692. The van der Waals surface area contributed by atoms with Crippen LogP contribution in [0.1, 0.15) is 31.0 Å². The van der Waals surface area contributed by atoms with Gasteiger partial charge in [0.05, 0.1) is 0 Å². The summed E-state index contributed by atoms with van der Waals surface area (Å²) >= 11 is 6.04. The first kappa shape index (κ1) is 12.2. The van der Waals surface area contributed by atoms with Crippen molar-refractivity contribution in [2.24, 2.45) is 5.92 Å². The van der Waals surface area contributed by atoms with Gasteiger partial charge in [-0.3, -0.25) is 0 Å². The number of anilines is 1. The Bertz CT molecular complexity index is 433. The summed E-state index contributed by atoms with van der Waals surface area (Å²) in [7, 11) is 2.17. The Balaban J connectivity index is 1.61. The van der Waals surface area contributed by atoms with E-state index in [1.54, 1.807) is 0 Å². The normalized spacial score (nSPS) is 24.4. The van der Waals surface area contributed by atoms with Crippen LogP contribution in [-0.2, 0) is 0 Å². The Labute approximate surface area is 113 Å². The standard InChI is InChI=1S/C13H19ClN4/c1-18-5-4-9(8-18)7-15-12-6-11(14)16-13(17-12)10-2-3-10/h6,9-10H,2-5,7-8H2,1H3,(H,15,16,17). The third kappa shape index (κ3) is 2.93. The lowest BCUT2D eigenvalue weighted by molar-refractivity contribution is 0.399. The zero-order valence-corrected chi connectivity index (χ0v) is 11.5. The maximum Gasteiger partial charge on any atom is 0.135 e. The molecule has 2 fully saturated rings. The van der Waals surface area contributed by atoms with Gasteiger partial charge in [-0.15, -0.1) is 0 Å². The fourth-order valence-corrected chi connectivity index (χ4v) is 2.68. The summed E-state index contributed by atoms with van der Waals surface area (Å²) < 4.78 is 0. The molecule has 1 aliphatic carbocycles. The summed E-state index contributed by atoms with van der Waals surface area (Å²) in [5, 5.41) is 3.96. The molecule has 0 bridgehead atoms. The van der Waals surface area contributed by atoms with Gasteiger partial charge in [-0.1, -0.05) is 11.6 Å². The van der Waals surface area contributed by atoms with E-state index in [4.69, 9.17) is 11.6 Å². The summed E-state index contributed by atoms with van der Waals surface area (Å²) in [4.78, 5) is 11.2. The zero-order chi connectivity index (χ0) is 12.5. The first-order chi connectivity index (χ1) is 8.70. The lowest BCUT2D eigenvalue weighted by Gasteiger charge is -2.12. The molecule has 0 aromatic carbocycles. The van der Waals surface area contributed by atoms with Crippen molar-refractivity contribution in [1.29, 1.82) is 0 Å². The molecular weight excluding hydrogens is 248 g/mol. The molecule has 98 valence electrons. The summed E-state index contributed by atoms with van der Waals surface area (Å²) in [6.45, 7) is 3.34. The van der Waals surface area contributed by atoms with Crippen LogP contribution in [0.25, 0.3) is 0 Å². The molecular formula is C13H19ClN4. The van der Waals surface area contributed by atoms with Gasteiger partial charge in [0.2, 0.25) is 0 Å². The van der Waals surface area contributed by atoms with E-state index in [2.05, 4.69) is 27.2 Å². The molecule has 1 atom stereocenters. The van der Waals surface area contributed by atoms with Crippen LogP contribution in [0, 0.1) is 5.92 Å². The molecule has 1 N–H and O–H groups in total. The quantitative estimate of drug-likeness (QED) is 0.850. The molecule has 18 heavy (non-hydrogen) atoms. The van der Waals surface area contributed by atoms with Crippen LogP contribution in [0.3, 0.4) is 0 Å². The summed E-state index contributed by atoms with van der Waals surface area (Å²) in [6, 6.07) is 1.83. The van der Waals surface area contributed by atoms with Crippen molar-refractivity contribution in [1.82, 2.24) is 14.9 Å². The van der Waals surface area contributed by atoms with Crippen LogP contribution in [0.2, 0.25) is 5.15 Å². The van der Waals surface area contributed by atoms with Crippen LogP contribution < -0.4 is 5.32 Å². The summed E-state index contributed by atoms with van der Waals surface area (Å²) in [6.07, 6.45) is 3.66. The van der Waals surface area contributed by atoms with E-state index in [9.17, 15) is 0 Å². The molecule has 1 aliphatic heterocycles. The van der Waals surface area contributed by atoms with Crippen LogP contribution in [-0.4, -0.2) is 41.5 Å². The highest BCUT2D eigenvalue weighted by molar-refractivity contribution is 6.29. The molecule has 1 saturated heterocycles. The van der Waals surface area contributed by atoms with E-state index in [-0.39, 0.29) is 0 Å². The molecule has 1 unspecified atom stereocenters. The van der Waals surface area contributed by atoms with E-state index in [0.29, 0.717) is 17.0 Å². The molecule has 0 spiro atoms. The highest BCUT2D eigenvalue weighted by Crippen LogP contribution is 2.38. The Kier molecular flexibility index (Phi) is 3.39. The maximum absolute atomic E-state index is 6.04. The number of nitrogens with zero attached hydrogens (tertiary/aromatic N) is 3. The first-order valence-corrected chi connectivity index (χ1v) is 7.05. The minimum absolute atomic E-state index is 0.543. The maximum atomic E-state index is 6.04. The van der Waals surface area contributed by atoms with Crippen molar-refractivity contribution in [3.63, 3.8) is 0 Å². The summed E-state index contributed by atoms with van der Waals surface area (Å²) in [5.74, 6) is 3.05. The third-order valence-corrected chi connectivity index (χ3v) is 3.91. The van der Waals surface area contributed by atoms with Crippen molar-refractivity contribution < 1.29 is 0 Å². The molecule has 0 amide bonds. The van der Waals surface area contributed by atoms with Crippen LogP contribution >= 0.6 is 11.6 Å². The van der Waals surface area contributed by atoms with Gasteiger partial charge in [-0.2, -0.15) is 0 Å². The van der Waals surface area contributed by atoms with E-state index >= 15 is 0 Å². The second-order valence-electron chi connectivity index (χ2n) is 5.51. The second kappa shape index (κ2) is 5.02. The van der Waals surface area contributed by atoms with Gasteiger partial charge in [0.15, 0.2) is 0 Å². The Morgan fingerprint density at radius 1 is 1.39 bits per heavy atom. The highest BCUT2D eigenvalue weighted by atomic mass is 35.5. The lowest BCUT2D eigenvalue weighted by Crippen LogP contribution is -2.19. The summed E-state index contributed by atoms with van der Waals surface area (Å²) in [5.41, 5.74) is 0. The van der Waals surface area contributed by atoms with E-state index in [0.717, 1.165) is 18.2 Å². The number of hydrogen-bond acceptors (Lipinski definition) is 4. The van der Waals surface area contributed by atoms with Gasteiger partial charge >= 0.3 is 0 Å². The fourth-order valence-electron chi connectivity index (χ4n) is 2.49. The van der Waals surface area contributed by atoms with Crippen LogP contribution in [0.5, 0.6) is 0 Å². The minimum Gasteiger partial charge on any atom is -0.370 e.